The van der Waals surface area contributed by atoms with Crippen LogP contribution >= 0.6 is 23.4 Å². The maximum absolute atomic E-state index is 11.9. The van der Waals surface area contributed by atoms with E-state index in [2.05, 4.69) is 10.6 Å². The first-order valence-corrected chi connectivity index (χ1v) is 8.66. The van der Waals surface area contributed by atoms with Crippen LogP contribution in [0.25, 0.3) is 0 Å². The summed E-state index contributed by atoms with van der Waals surface area (Å²) in [6, 6.07) is 14.2. The van der Waals surface area contributed by atoms with Gasteiger partial charge in [-0.3, -0.25) is 9.59 Å². The standard InChI is InChI=1S/C17H17ClN2O2S/c1-23-15-8-6-14(7-9-15)20-16(21)10-11-19-17(22)12-2-4-13(18)5-3-12/h2-9H,10-11H2,1H3,(H,19,22)(H,20,21). The molecule has 0 aliphatic rings. The minimum Gasteiger partial charge on any atom is -0.352 e. The lowest BCUT2D eigenvalue weighted by Gasteiger charge is -2.07. The molecule has 0 bridgehead atoms. The Hall–Kier alpha value is -1.98. The Morgan fingerprint density at radius 3 is 2.30 bits per heavy atom. The minimum atomic E-state index is -0.223. The summed E-state index contributed by atoms with van der Waals surface area (Å²) in [5, 5.41) is 6.08. The third-order valence-corrected chi connectivity index (χ3v) is 4.11. The Kier molecular flexibility index (Phi) is 6.50. The molecule has 0 aliphatic carbocycles. The predicted molar refractivity (Wildman–Crippen MR) is 95.3 cm³/mol. The smallest absolute Gasteiger partial charge is 0.251 e. The Bertz CT molecular complexity index is 672. The fourth-order valence-electron chi connectivity index (χ4n) is 1.89. The number of amides is 2. The third kappa shape index (κ3) is 5.62. The van der Waals surface area contributed by atoms with Crippen molar-refractivity contribution in [2.45, 2.75) is 11.3 Å². The van der Waals surface area contributed by atoms with Gasteiger partial charge in [-0.25, -0.2) is 0 Å². The highest BCUT2D eigenvalue weighted by Gasteiger charge is 2.07. The highest BCUT2D eigenvalue weighted by atomic mass is 35.5. The molecule has 0 heterocycles. The lowest BCUT2D eigenvalue weighted by Crippen LogP contribution is -2.27. The van der Waals surface area contributed by atoms with Gasteiger partial charge in [0.2, 0.25) is 5.91 Å². The number of nitrogens with one attached hydrogen (secondary N) is 2. The van der Waals surface area contributed by atoms with Gasteiger partial charge in [0.05, 0.1) is 0 Å². The summed E-state index contributed by atoms with van der Waals surface area (Å²) < 4.78 is 0. The van der Waals surface area contributed by atoms with Crippen molar-refractivity contribution in [3.8, 4) is 0 Å². The summed E-state index contributed by atoms with van der Waals surface area (Å²) in [4.78, 5) is 24.9. The van der Waals surface area contributed by atoms with E-state index >= 15 is 0 Å². The van der Waals surface area contributed by atoms with Crippen LogP contribution < -0.4 is 10.6 Å². The normalized spacial score (nSPS) is 10.2. The molecule has 0 saturated carbocycles. The Balaban J connectivity index is 1.75. The van der Waals surface area contributed by atoms with Crippen LogP contribution in [0.1, 0.15) is 16.8 Å². The van der Waals surface area contributed by atoms with Gasteiger partial charge in [-0.05, 0) is 54.8 Å². The van der Waals surface area contributed by atoms with Crippen LogP contribution in [0.5, 0.6) is 0 Å². The first-order chi connectivity index (χ1) is 11.1. The van der Waals surface area contributed by atoms with E-state index in [1.165, 1.54) is 0 Å². The summed E-state index contributed by atoms with van der Waals surface area (Å²) in [5.74, 6) is -0.364. The van der Waals surface area contributed by atoms with Crippen LogP contribution in [0.4, 0.5) is 5.69 Å². The molecule has 0 aromatic heterocycles. The average Bonchev–Trinajstić information content (AvgIpc) is 2.56. The van der Waals surface area contributed by atoms with Gasteiger partial charge in [-0.1, -0.05) is 11.6 Å². The molecule has 0 fully saturated rings. The number of rotatable bonds is 6. The van der Waals surface area contributed by atoms with Gasteiger partial charge in [-0.2, -0.15) is 0 Å². The summed E-state index contributed by atoms with van der Waals surface area (Å²) in [7, 11) is 0. The number of benzene rings is 2. The molecule has 0 spiro atoms. The zero-order valence-electron chi connectivity index (χ0n) is 12.6. The topological polar surface area (TPSA) is 58.2 Å². The number of anilines is 1. The summed E-state index contributed by atoms with van der Waals surface area (Å²) in [6.07, 6.45) is 2.21. The lowest BCUT2D eigenvalue weighted by atomic mass is 10.2. The molecule has 23 heavy (non-hydrogen) atoms. The van der Waals surface area contributed by atoms with Crippen LogP contribution in [-0.4, -0.2) is 24.6 Å². The maximum atomic E-state index is 11.9. The number of hydrogen-bond acceptors (Lipinski definition) is 3. The van der Waals surface area contributed by atoms with E-state index in [0.29, 0.717) is 10.6 Å². The average molecular weight is 349 g/mol. The molecule has 0 radical (unpaired) electrons. The van der Waals surface area contributed by atoms with Gasteiger partial charge >= 0.3 is 0 Å². The summed E-state index contributed by atoms with van der Waals surface area (Å²) >= 11 is 7.42. The van der Waals surface area contributed by atoms with Crippen LogP contribution in [0.3, 0.4) is 0 Å². The van der Waals surface area contributed by atoms with Crippen LogP contribution in [0.2, 0.25) is 5.02 Å². The van der Waals surface area contributed by atoms with Crippen molar-refractivity contribution in [3.05, 3.63) is 59.1 Å². The van der Waals surface area contributed by atoms with Crippen molar-refractivity contribution in [1.82, 2.24) is 5.32 Å². The van der Waals surface area contributed by atoms with E-state index in [1.54, 1.807) is 36.0 Å². The zero-order chi connectivity index (χ0) is 16.7. The number of hydrogen-bond donors (Lipinski definition) is 2. The molecule has 0 atom stereocenters. The SMILES string of the molecule is CSc1ccc(NC(=O)CCNC(=O)c2ccc(Cl)cc2)cc1. The second kappa shape index (κ2) is 8.60. The van der Waals surface area contributed by atoms with Gasteiger partial charge in [0.15, 0.2) is 0 Å². The van der Waals surface area contributed by atoms with Crippen molar-refractivity contribution in [2.24, 2.45) is 0 Å². The van der Waals surface area contributed by atoms with Crippen molar-refractivity contribution in [2.75, 3.05) is 18.1 Å². The highest BCUT2D eigenvalue weighted by Crippen LogP contribution is 2.17. The largest absolute Gasteiger partial charge is 0.352 e. The van der Waals surface area contributed by atoms with Crippen LogP contribution in [0.15, 0.2) is 53.4 Å². The fraction of sp³-hybridized carbons (Fsp3) is 0.176. The Labute approximate surface area is 144 Å². The third-order valence-electron chi connectivity index (χ3n) is 3.12. The van der Waals surface area contributed by atoms with Crippen LogP contribution in [0, 0.1) is 0 Å². The fourth-order valence-corrected chi connectivity index (χ4v) is 2.42. The lowest BCUT2D eigenvalue weighted by molar-refractivity contribution is -0.116. The quantitative estimate of drug-likeness (QED) is 0.780. The molecule has 120 valence electrons. The number of carbonyl (C=O) groups is 2. The minimum absolute atomic E-state index is 0.140. The van der Waals surface area contributed by atoms with Gasteiger partial charge in [0.25, 0.3) is 5.91 Å². The molecule has 0 saturated heterocycles. The number of carbonyl (C=O) groups excluding carboxylic acids is 2. The van der Waals surface area contributed by atoms with E-state index in [1.807, 2.05) is 30.5 Å². The second-order valence-corrected chi connectivity index (χ2v) is 6.11. The monoisotopic (exact) mass is 348 g/mol. The van der Waals surface area contributed by atoms with Gasteiger partial charge in [0, 0.05) is 34.1 Å². The predicted octanol–water partition coefficient (Wildman–Crippen LogP) is 3.82. The Morgan fingerprint density at radius 2 is 1.70 bits per heavy atom. The zero-order valence-corrected chi connectivity index (χ0v) is 14.2. The molecule has 2 aromatic carbocycles. The molecule has 2 N–H and O–H groups in total. The summed E-state index contributed by atoms with van der Waals surface area (Å²) in [6.45, 7) is 0.274. The molecule has 2 rings (SSSR count). The second-order valence-electron chi connectivity index (χ2n) is 4.79. The van der Waals surface area contributed by atoms with Gasteiger partial charge < -0.3 is 10.6 Å². The van der Waals surface area contributed by atoms with Crippen molar-refractivity contribution in [3.63, 3.8) is 0 Å². The Morgan fingerprint density at radius 1 is 1.04 bits per heavy atom. The molecule has 2 aromatic rings. The van der Waals surface area contributed by atoms with Crippen LogP contribution in [-0.2, 0) is 4.79 Å². The van der Waals surface area contributed by atoms with Crippen molar-refractivity contribution >= 4 is 40.9 Å². The van der Waals surface area contributed by atoms with Crippen molar-refractivity contribution < 1.29 is 9.59 Å². The van der Waals surface area contributed by atoms with Gasteiger partial charge in [-0.15, -0.1) is 11.8 Å². The highest BCUT2D eigenvalue weighted by molar-refractivity contribution is 7.98. The van der Waals surface area contributed by atoms with E-state index in [4.69, 9.17) is 11.6 Å². The molecule has 2 amide bonds. The first kappa shape index (κ1) is 17.4. The number of halogens is 1. The molecular weight excluding hydrogens is 332 g/mol. The molecular formula is C17H17ClN2O2S. The van der Waals surface area contributed by atoms with E-state index in [9.17, 15) is 9.59 Å². The van der Waals surface area contributed by atoms with E-state index in [0.717, 1.165) is 10.6 Å². The van der Waals surface area contributed by atoms with Crippen molar-refractivity contribution in [1.29, 1.82) is 0 Å². The molecule has 0 unspecified atom stereocenters. The number of thioether (sulfide) groups is 1. The molecule has 6 heteroatoms. The van der Waals surface area contributed by atoms with E-state index < -0.39 is 0 Å². The van der Waals surface area contributed by atoms with Gasteiger partial charge in [0.1, 0.15) is 0 Å². The summed E-state index contributed by atoms with van der Waals surface area (Å²) in [5.41, 5.74) is 1.26. The molecule has 0 aliphatic heterocycles. The molecule has 4 nitrogen and oxygen atoms in total. The van der Waals surface area contributed by atoms with E-state index in [-0.39, 0.29) is 24.8 Å². The maximum Gasteiger partial charge on any atom is 0.251 e. The first-order valence-electron chi connectivity index (χ1n) is 7.06.